The lowest BCUT2D eigenvalue weighted by Gasteiger charge is -2.28. The Hall–Kier alpha value is -0.693. The second-order valence-corrected chi connectivity index (χ2v) is 7.91. The molecule has 0 rings (SSSR count). The van der Waals surface area contributed by atoms with Gasteiger partial charge in [-0.3, -0.25) is 4.79 Å². The van der Waals surface area contributed by atoms with E-state index >= 15 is 0 Å². The smallest absolute Gasteiger partial charge is 0.374 e. The molecule has 0 saturated heterocycles. The highest BCUT2D eigenvalue weighted by Crippen LogP contribution is 2.20. The van der Waals surface area contributed by atoms with Gasteiger partial charge in [0.2, 0.25) is 5.91 Å². The Morgan fingerprint density at radius 3 is 1.91 bits per heavy atom. The Morgan fingerprint density at radius 1 is 0.955 bits per heavy atom. The fourth-order valence-electron chi connectivity index (χ4n) is 2.17. The van der Waals surface area contributed by atoms with Crippen molar-refractivity contribution in [1.29, 1.82) is 0 Å². The fraction of sp³-hybridized carbons (Fsp3) is 0.812. The summed E-state index contributed by atoms with van der Waals surface area (Å²) in [5, 5.41) is 2.85. The molecule has 0 aromatic carbocycles. The highest BCUT2D eigenvalue weighted by molar-refractivity contribution is 6.60. The van der Waals surface area contributed by atoms with Gasteiger partial charge in [-0.25, -0.2) is 0 Å². The Bertz CT molecular complexity index is 306. The molecule has 6 heteroatoms. The van der Waals surface area contributed by atoms with Crippen LogP contribution < -0.4 is 5.32 Å². The quantitative estimate of drug-likeness (QED) is 0.301. The van der Waals surface area contributed by atoms with E-state index in [0.717, 1.165) is 31.7 Å². The zero-order valence-electron chi connectivity index (χ0n) is 14.7. The predicted molar refractivity (Wildman–Crippen MR) is 91.7 cm³/mol. The van der Waals surface area contributed by atoms with Crippen LogP contribution in [0.2, 0.25) is 6.04 Å². The molecule has 0 unspecified atom stereocenters. The van der Waals surface area contributed by atoms with Crippen molar-refractivity contribution >= 4 is 14.7 Å². The molecule has 0 aliphatic rings. The number of carbonyl (C=O) groups excluding carboxylic acids is 1. The standard InChI is InChI=1S/C16H33NO4Si/c1-6-19-22(20-7-2,21-8-3)14-12-10-9-11-13-17-16(18)15(4)5/h4,6-14H2,1-3,5H3,(H,17,18). The third-order valence-electron chi connectivity index (χ3n) is 3.18. The Morgan fingerprint density at radius 2 is 1.45 bits per heavy atom. The summed E-state index contributed by atoms with van der Waals surface area (Å²) in [5.74, 6) is -0.0598. The van der Waals surface area contributed by atoms with Gasteiger partial charge in [-0.05, 0) is 40.5 Å². The van der Waals surface area contributed by atoms with Crippen LogP contribution in [0.15, 0.2) is 12.2 Å². The molecule has 0 fully saturated rings. The van der Waals surface area contributed by atoms with Gasteiger partial charge in [-0.2, -0.15) is 0 Å². The molecular formula is C16H33NO4Si. The zero-order chi connectivity index (χ0) is 16.8. The summed E-state index contributed by atoms with van der Waals surface area (Å²) in [4.78, 5) is 11.3. The lowest BCUT2D eigenvalue weighted by molar-refractivity contribution is -0.117. The maximum Gasteiger partial charge on any atom is 0.500 e. The molecule has 0 heterocycles. The Kier molecular flexibility index (Phi) is 12.4. The monoisotopic (exact) mass is 331 g/mol. The number of rotatable bonds is 14. The van der Waals surface area contributed by atoms with Gasteiger partial charge in [0.1, 0.15) is 0 Å². The Balaban J connectivity index is 3.92. The molecule has 0 bridgehead atoms. The molecule has 0 aliphatic heterocycles. The predicted octanol–water partition coefficient (Wildman–Crippen LogP) is 3.29. The lowest BCUT2D eigenvalue weighted by Crippen LogP contribution is -2.45. The van der Waals surface area contributed by atoms with Gasteiger partial charge in [0, 0.05) is 38.0 Å². The van der Waals surface area contributed by atoms with Crippen LogP contribution in [-0.4, -0.2) is 41.1 Å². The molecule has 0 spiro atoms. The third kappa shape index (κ3) is 9.35. The van der Waals surface area contributed by atoms with Crippen molar-refractivity contribution in [2.45, 2.75) is 59.4 Å². The van der Waals surface area contributed by atoms with E-state index in [2.05, 4.69) is 11.9 Å². The number of carbonyl (C=O) groups is 1. The van der Waals surface area contributed by atoms with Crippen molar-refractivity contribution in [3.63, 3.8) is 0 Å². The van der Waals surface area contributed by atoms with E-state index in [1.54, 1.807) is 6.92 Å². The van der Waals surface area contributed by atoms with Gasteiger partial charge in [0.05, 0.1) is 0 Å². The van der Waals surface area contributed by atoms with Crippen LogP contribution in [-0.2, 0) is 18.1 Å². The van der Waals surface area contributed by atoms with Crippen molar-refractivity contribution in [3.8, 4) is 0 Å². The summed E-state index contributed by atoms with van der Waals surface area (Å²) < 4.78 is 17.5. The molecule has 0 aromatic heterocycles. The van der Waals surface area contributed by atoms with E-state index in [-0.39, 0.29) is 5.91 Å². The number of hydrogen-bond donors (Lipinski definition) is 1. The minimum Gasteiger partial charge on any atom is -0.374 e. The van der Waals surface area contributed by atoms with E-state index in [1.807, 2.05) is 20.8 Å². The molecule has 1 amide bonds. The Labute approximate surface area is 136 Å². The molecule has 5 nitrogen and oxygen atoms in total. The van der Waals surface area contributed by atoms with Crippen LogP contribution in [0.25, 0.3) is 0 Å². The van der Waals surface area contributed by atoms with Crippen LogP contribution in [0.3, 0.4) is 0 Å². The first-order chi connectivity index (χ1) is 10.5. The van der Waals surface area contributed by atoms with Crippen LogP contribution in [0.1, 0.15) is 53.4 Å². The van der Waals surface area contributed by atoms with Crippen LogP contribution in [0.5, 0.6) is 0 Å². The highest BCUT2D eigenvalue weighted by atomic mass is 28.4. The van der Waals surface area contributed by atoms with E-state index in [9.17, 15) is 4.79 Å². The van der Waals surface area contributed by atoms with Crippen molar-refractivity contribution in [2.24, 2.45) is 0 Å². The molecule has 130 valence electrons. The minimum atomic E-state index is -2.48. The van der Waals surface area contributed by atoms with Crippen LogP contribution in [0.4, 0.5) is 0 Å². The minimum absolute atomic E-state index is 0.0598. The second kappa shape index (κ2) is 12.8. The normalized spacial score (nSPS) is 11.5. The van der Waals surface area contributed by atoms with E-state index in [1.165, 1.54) is 0 Å². The number of unbranched alkanes of at least 4 members (excludes halogenated alkanes) is 3. The largest absolute Gasteiger partial charge is 0.500 e. The van der Waals surface area contributed by atoms with Crippen LogP contribution >= 0.6 is 0 Å². The van der Waals surface area contributed by atoms with Crippen molar-refractivity contribution < 1.29 is 18.1 Å². The van der Waals surface area contributed by atoms with Gasteiger partial charge in [0.15, 0.2) is 0 Å². The molecule has 0 radical (unpaired) electrons. The molecular weight excluding hydrogens is 298 g/mol. The van der Waals surface area contributed by atoms with Crippen LogP contribution in [0, 0.1) is 0 Å². The summed E-state index contributed by atoms with van der Waals surface area (Å²) in [6, 6.07) is 0.862. The maximum absolute atomic E-state index is 11.3. The SMILES string of the molecule is C=C(C)C(=O)NCCCCCC[Si](OCC)(OCC)OCC. The molecule has 22 heavy (non-hydrogen) atoms. The zero-order valence-corrected chi connectivity index (χ0v) is 15.7. The highest BCUT2D eigenvalue weighted by Gasteiger charge is 2.39. The van der Waals surface area contributed by atoms with Gasteiger partial charge in [0.25, 0.3) is 0 Å². The first-order valence-electron chi connectivity index (χ1n) is 8.36. The summed E-state index contributed by atoms with van der Waals surface area (Å²) in [6.45, 7) is 13.8. The van der Waals surface area contributed by atoms with Gasteiger partial charge >= 0.3 is 8.80 Å². The fourth-order valence-corrected chi connectivity index (χ4v) is 4.86. The third-order valence-corrected chi connectivity index (χ3v) is 6.33. The molecule has 1 N–H and O–H groups in total. The first-order valence-corrected chi connectivity index (χ1v) is 10.3. The summed E-state index contributed by atoms with van der Waals surface area (Å²) in [6.07, 6.45) is 4.17. The second-order valence-electron chi connectivity index (χ2n) is 5.18. The number of hydrogen-bond acceptors (Lipinski definition) is 4. The first kappa shape index (κ1) is 21.3. The topological polar surface area (TPSA) is 56.8 Å². The summed E-state index contributed by atoms with van der Waals surface area (Å²) in [7, 11) is -2.48. The van der Waals surface area contributed by atoms with E-state index < -0.39 is 8.80 Å². The average Bonchev–Trinajstić information content (AvgIpc) is 2.46. The summed E-state index contributed by atoms with van der Waals surface area (Å²) >= 11 is 0. The van der Waals surface area contributed by atoms with E-state index in [4.69, 9.17) is 13.3 Å². The van der Waals surface area contributed by atoms with Crippen molar-refractivity contribution in [3.05, 3.63) is 12.2 Å². The molecule has 0 aromatic rings. The van der Waals surface area contributed by atoms with Crippen molar-refractivity contribution in [1.82, 2.24) is 5.32 Å². The maximum atomic E-state index is 11.3. The average molecular weight is 332 g/mol. The lowest BCUT2D eigenvalue weighted by atomic mass is 10.2. The van der Waals surface area contributed by atoms with Gasteiger partial charge < -0.3 is 18.6 Å². The van der Waals surface area contributed by atoms with Gasteiger partial charge in [-0.1, -0.05) is 19.4 Å². The number of nitrogens with one attached hydrogen (secondary N) is 1. The molecule has 0 atom stereocenters. The summed E-state index contributed by atoms with van der Waals surface area (Å²) in [5.41, 5.74) is 0.556. The van der Waals surface area contributed by atoms with Gasteiger partial charge in [-0.15, -0.1) is 0 Å². The molecule has 0 saturated carbocycles. The van der Waals surface area contributed by atoms with E-state index in [0.29, 0.717) is 31.9 Å². The number of amides is 1. The molecule has 0 aliphatic carbocycles. The van der Waals surface area contributed by atoms with Crippen molar-refractivity contribution in [2.75, 3.05) is 26.4 Å².